The molecule has 0 aliphatic carbocycles. The Balaban J connectivity index is 1.43. The topological polar surface area (TPSA) is 92.8 Å². The summed E-state index contributed by atoms with van der Waals surface area (Å²) in [6.45, 7) is 0. The number of aromatic nitrogens is 4. The Morgan fingerprint density at radius 2 is 1.74 bits per heavy atom. The van der Waals surface area contributed by atoms with Crippen LogP contribution in [-0.4, -0.2) is 26.1 Å². The van der Waals surface area contributed by atoms with Crippen LogP contribution < -0.4 is 10.1 Å². The van der Waals surface area contributed by atoms with Crippen molar-refractivity contribution in [1.82, 2.24) is 20.2 Å². The second-order valence-electron chi connectivity index (χ2n) is 7.54. The molecule has 1 amide bonds. The molecule has 7 nitrogen and oxygen atoms in total. The third kappa shape index (κ3) is 4.81. The maximum absolute atomic E-state index is 12.9. The zero-order valence-electron chi connectivity index (χ0n) is 17.9. The first-order valence-electron chi connectivity index (χ1n) is 10.4. The predicted octanol–water partition coefficient (Wildman–Crippen LogP) is 6.08. The molecule has 3 aromatic heterocycles. The third-order valence-electron chi connectivity index (χ3n) is 5.11. The van der Waals surface area contributed by atoms with E-state index in [1.807, 2.05) is 42.5 Å². The van der Waals surface area contributed by atoms with Crippen LogP contribution in [0.25, 0.3) is 22.0 Å². The normalized spacial score (nSPS) is 11.4. The molecule has 35 heavy (non-hydrogen) atoms. The molecule has 0 saturated carbocycles. The number of nitrogens with one attached hydrogen (secondary N) is 2. The molecule has 0 bridgehead atoms. The number of pyridine rings is 2. The summed E-state index contributed by atoms with van der Waals surface area (Å²) >= 11 is 0. The van der Waals surface area contributed by atoms with Gasteiger partial charge in [0.25, 0.3) is 5.91 Å². The van der Waals surface area contributed by atoms with Crippen molar-refractivity contribution >= 4 is 22.5 Å². The van der Waals surface area contributed by atoms with E-state index in [1.165, 1.54) is 6.07 Å². The molecule has 5 rings (SSSR count). The Kier molecular flexibility index (Phi) is 5.61. The van der Waals surface area contributed by atoms with Gasteiger partial charge in [0.2, 0.25) is 0 Å². The molecular formula is C25H16F3N5O2. The van der Waals surface area contributed by atoms with Gasteiger partial charge < -0.3 is 10.1 Å². The van der Waals surface area contributed by atoms with E-state index in [9.17, 15) is 18.0 Å². The number of aromatic amines is 1. The average molecular weight is 475 g/mol. The van der Waals surface area contributed by atoms with Gasteiger partial charge in [0, 0.05) is 29.0 Å². The number of nitrogens with zero attached hydrogens (tertiary/aromatic N) is 3. The number of hydrogen-bond acceptors (Lipinski definition) is 5. The lowest BCUT2D eigenvalue weighted by molar-refractivity contribution is -0.141. The SMILES string of the molecule is O=C(Nc1ccnc(C(F)(F)F)c1)c1n[nH]c2ccc(-c3cncc(Oc4ccccc4)c3)cc12. The Bertz CT molecular complexity index is 1520. The fraction of sp³-hybridized carbons (Fsp3) is 0.0400. The lowest BCUT2D eigenvalue weighted by Crippen LogP contribution is -2.14. The number of anilines is 1. The maximum Gasteiger partial charge on any atom is 0.433 e. The summed E-state index contributed by atoms with van der Waals surface area (Å²) in [5.74, 6) is 0.546. The van der Waals surface area contributed by atoms with Crippen LogP contribution in [0.15, 0.2) is 85.3 Å². The van der Waals surface area contributed by atoms with E-state index in [2.05, 4.69) is 25.5 Å². The highest BCUT2D eigenvalue weighted by molar-refractivity contribution is 6.11. The molecule has 0 atom stereocenters. The van der Waals surface area contributed by atoms with Crippen LogP contribution in [0.5, 0.6) is 11.5 Å². The Labute approximate surface area is 196 Å². The number of para-hydroxylation sites is 1. The van der Waals surface area contributed by atoms with E-state index in [0.717, 1.165) is 23.4 Å². The molecule has 0 aliphatic heterocycles. The quantitative estimate of drug-likeness (QED) is 0.321. The molecule has 5 aromatic rings. The molecule has 0 radical (unpaired) electrons. The van der Waals surface area contributed by atoms with Gasteiger partial charge in [-0.05, 0) is 48.0 Å². The van der Waals surface area contributed by atoms with Crippen LogP contribution in [0.4, 0.5) is 18.9 Å². The highest BCUT2D eigenvalue weighted by atomic mass is 19.4. The fourth-order valence-corrected chi connectivity index (χ4v) is 3.48. The molecule has 2 aromatic carbocycles. The molecule has 174 valence electrons. The van der Waals surface area contributed by atoms with Crippen LogP contribution in [0.1, 0.15) is 16.2 Å². The zero-order chi connectivity index (χ0) is 24.4. The van der Waals surface area contributed by atoms with Crippen molar-refractivity contribution < 1.29 is 22.7 Å². The minimum Gasteiger partial charge on any atom is -0.456 e. The van der Waals surface area contributed by atoms with Crippen molar-refractivity contribution in [2.24, 2.45) is 0 Å². The van der Waals surface area contributed by atoms with Crippen LogP contribution in [0.3, 0.4) is 0 Å². The van der Waals surface area contributed by atoms with E-state index in [4.69, 9.17) is 4.74 Å². The standard InChI is InChI=1S/C25H16F3N5O2/c26-25(27,28)22-12-17(8-9-30-22)31-24(34)23-20-11-15(6-7-21(20)32-33-23)16-10-19(14-29-13-16)35-18-4-2-1-3-5-18/h1-14H,(H,32,33)(H,30,31,34). The monoisotopic (exact) mass is 475 g/mol. The summed E-state index contributed by atoms with van der Waals surface area (Å²) in [7, 11) is 0. The number of ether oxygens (including phenoxy) is 1. The van der Waals surface area contributed by atoms with Gasteiger partial charge in [0.1, 0.15) is 17.2 Å². The lowest BCUT2D eigenvalue weighted by Gasteiger charge is -2.09. The number of rotatable bonds is 5. The van der Waals surface area contributed by atoms with Gasteiger partial charge in [-0.3, -0.25) is 19.9 Å². The summed E-state index contributed by atoms with van der Waals surface area (Å²) in [5, 5.41) is 9.78. The van der Waals surface area contributed by atoms with Gasteiger partial charge in [-0.15, -0.1) is 0 Å². The Morgan fingerprint density at radius 3 is 2.54 bits per heavy atom. The van der Waals surface area contributed by atoms with E-state index in [-0.39, 0.29) is 11.4 Å². The molecule has 0 unspecified atom stereocenters. The first-order valence-corrected chi connectivity index (χ1v) is 10.4. The number of amides is 1. The second-order valence-corrected chi connectivity index (χ2v) is 7.54. The largest absolute Gasteiger partial charge is 0.456 e. The van der Waals surface area contributed by atoms with E-state index < -0.39 is 17.8 Å². The lowest BCUT2D eigenvalue weighted by atomic mass is 10.0. The minimum absolute atomic E-state index is 0.0388. The number of benzene rings is 2. The van der Waals surface area contributed by atoms with Crippen molar-refractivity contribution in [1.29, 1.82) is 0 Å². The molecule has 0 spiro atoms. The number of fused-ring (bicyclic) bond motifs is 1. The summed E-state index contributed by atoms with van der Waals surface area (Å²) in [6.07, 6.45) is -0.387. The molecular weight excluding hydrogens is 459 g/mol. The smallest absolute Gasteiger partial charge is 0.433 e. The predicted molar refractivity (Wildman–Crippen MR) is 123 cm³/mol. The average Bonchev–Trinajstić information content (AvgIpc) is 3.28. The zero-order valence-corrected chi connectivity index (χ0v) is 17.9. The van der Waals surface area contributed by atoms with Crippen molar-refractivity contribution in [2.45, 2.75) is 6.18 Å². The van der Waals surface area contributed by atoms with E-state index in [1.54, 1.807) is 24.5 Å². The summed E-state index contributed by atoms with van der Waals surface area (Å²) in [5.41, 5.74) is 0.986. The van der Waals surface area contributed by atoms with Crippen LogP contribution in [0.2, 0.25) is 0 Å². The van der Waals surface area contributed by atoms with Gasteiger partial charge >= 0.3 is 6.18 Å². The first-order chi connectivity index (χ1) is 16.9. The number of hydrogen-bond donors (Lipinski definition) is 2. The van der Waals surface area contributed by atoms with Crippen LogP contribution in [-0.2, 0) is 6.18 Å². The van der Waals surface area contributed by atoms with Gasteiger partial charge in [-0.25, -0.2) is 0 Å². The van der Waals surface area contributed by atoms with Gasteiger partial charge in [-0.2, -0.15) is 18.3 Å². The van der Waals surface area contributed by atoms with E-state index >= 15 is 0 Å². The Hall–Kier alpha value is -4.73. The summed E-state index contributed by atoms with van der Waals surface area (Å²) < 4.78 is 44.7. The van der Waals surface area contributed by atoms with Gasteiger partial charge in [0.05, 0.1) is 11.7 Å². The van der Waals surface area contributed by atoms with Crippen LogP contribution in [0, 0.1) is 0 Å². The number of carbonyl (C=O) groups is 1. The fourth-order valence-electron chi connectivity index (χ4n) is 3.48. The maximum atomic E-state index is 12.9. The molecule has 2 N–H and O–H groups in total. The van der Waals surface area contributed by atoms with Gasteiger partial charge in [0.15, 0.2) is 5.69 Å². The van der Waals surface area contributed by atoms with Crippen molar-refractivity contribution in [3.63, 3.8) is 0 Å². The number of alkyl halides is 3. The van der Waals surface area contributed by atoms with Crippen LogP contribution >= 0.6 is 0 Å². The second kappa shape index (κ2) is 8.90. The Morgan fingerprint density at radius 1 is 0.914 bits per heavy atom. The molecule has 0 fully saturated rings. The number of carbonyl (C=O) groups excluding carboxylic acids is 1. The highest BCUT2D eigenvalue weighted by Crippen LogP contribution is 2.31. The molecule has 3 heterocycles. The summed E-state index contributed by atoms with van der Waals surface area (Å²) in [4.78, 5) is 20.4. The molecule has 0 saturated heterocycles. The van der Waals surface area contributed by atoms with Crippen molar-refractivity contribution in [3.05, 3.63) is 96.7 Å². The molecule has 0 aliphatic rings. The summed E-state index contributed by atoms with van der Waals surface area (Å²) in [6, 6.07) is 18.5. The van der Waals surface area contributed by atoms with Gasteiger partial charge in [-0.1, -0.05) is 24.3 Å². The minimum atomic E-state index is -4.62. The highest BCUT2D eigenvalue weighted by Gasteiger charge is 2.32. The van der Waals surface area contributed by atoms with Crippen molar-refractivity contribution in [2.75, 3.05) is 5.32 Å². The molecule has 10 heteroatoms. The number of halogens is 3. The van der Waals surface area contributed by atoms with E-state index in [0.29, 0.717) is 22.4 Å². The first kappa shape index (κ1) is 22.1. The van der Waals surface area contributed by atoms with Crippen molar-refractivity contribution in [3.8, 4) is 22.6 Å². The number of H-pyrrole nitrogens is 1. The third-order valence-corrected chi connectivity index (χ3v) is 5.11.